The van der Waals surface area contributed by atoms with Gasteiger partial charge in [-0.2, -0.15) is 0 Å². The van der Waals surface area contributed by atoms with Crippen molar-refractivity contribution in [2.24, 2.45) is 17.3 Å². The van der Waals surface area contributed by atoms with Crippen LogP contribution in [0.1, 0.15) is 98.3 Å². The van der Waals surface area contributed by atoms with Crippen LogP contribution in [-0.2, 0) is 9.47 Å². The molecule has 0 aromatic rings. The number of hydrogen-bond acceptors (Lipinski definition) is 3. The van der Waals surface area contributed by atoms with Gasteiger partial charge in [0.05, 0.1) is 12.7 Å². The van der Waals surface area contributed by atoms with Crippen molar-refractivity contribution < 1.29 is 9.47 Å². The SMILES string of the molecule is CCC1CCCN(CCCCC2COC3(CCC(C(C)(C)CC)CC3)O2)C1. The van der Waals surface area contributed by atoms with Crippen molar-refractivity contribution >= 4 is 0 Å². The second-order valence-corrected chi connectivity index (χ2v) is 10.3. The van der Waals surface area contributed by atoms with E-state index < -0.39 is 0 Å². The first-order valence-electron chi connectivity index (χ1n) is 12.0. The molecule has 0 bridgehead atoms. The van der Waals surface area contributed by atoms with Gasteiger partial charge in [0.25, 0.3) is 0 Å². The first kappa shape index (κ1) is 21.6. The predicted octanol–water partition coefficient (Wildman–Crippen LogP) is 6.02. The summed E-state index contributed by atoms with van der Waals surface area (Å²) >= 11 is 0. The Balaban J connectivity index is 1.32. The highest BCUT2D eigenvalue weighted by Crippen LogP contribution is 2.47. The van der Waals surface area contributed by atoms with Gasteiger partial charge in [-0.1, -0.05) is 40.5 Å². The highest BCUT2D eigenvalue weighted by atomic mass is 16.7. The topological polar surface area (TPSA) is 21.7 Å². The Kier molecular flexibility index (Phi) is 7.66. The lowest BCUT2D eigenvalue weighted by Crippen LogP contribution is -2.39. The van der Waals surface area contributed by atoms with E-state index in [-0.39, 0.29) is 5.79 Å². The summed E-state index contributed by atoms with van der Waals surface area (Å²) in [6, 6.07) is 0. The van der Waals surface area contributed by atoms with E-state index in [1.165, 1.54) is 77.4 Å². The van der Waals surface area contributed by atoms with Gasteiger partial charge in [0.1, 0.15) is 0 Å². The normalized spacial score (nSPS) is 35.8. The third-order valence-electron chi connectivity index (χ3n) is 8.11. The summed E-state index contributed by atoms with van der Waals surface area (Å²) in [6.07, 6.45) is 14.3. The average molecular weight is 380 g/mol. The molecule has 3 aliphatic rings. The molecule has 1 aliphatic carbocycles. The number of piperidine rings is 1. The summed E-state index contributed by atoms with van der Waals surface area (Å²) in [5.74, 6) is 1.54. The molecule has 1 spiro atoms. The Morgan fingerprint density at radius 3 is 2.56 bits per heavy atom. The minimum atomic E-state index is -0.230. The molecule has 158 valence electrons. The van der Waals surface area contributed by atoms with Crippen LogP contribution in [0.25, 0.3) is 0 Å². The quantitative estimate of drug-likeness (QED) is 0.482. The molecule has 0 N–H and O–H groups in total. The Morgan fingerprint density at radius 1 is 1.07 bits per heavy atom. The zero-order valence-corrected chi connectivity index (χ0v) is 18.6. The highest BCUT2D eigenvalue weighted by Gasteiger charge is 2.46. The van der Waals surface area contributed by atoms with Crippen molar-refractivity contribution in [2.45, 2.75) is 110 Å². The molecule has 0 amide bonds. The lowest BCUT2D eigenvalue weighted by Gasteiger charge is -2.42. The van der Waals surface area contributed by atoms with Crippen molar-refractivity contribution in [1.29, 1.82) is 0 Å². The molecule has 2 atom stereocenters. The Labute approximate surface area is 168 Å². The van der Waals surface area contributed by atoms with Crippen LogP contribution in [0.3, 0.4) is 0 Å². The van der Waals surface area contributed by atoms with E-state index in [0.29, 0.717) is 11.5 Å². The van der Waals surface area contributed by atoms with Gasteiger partial charge in [-0.15, -0.1) is 0 Å². The van der Waals surface area contributed by atoms with Crippen LogP contribution in [0.4, 0.5) is 0 Å². The molecule has 3 fully saturated rings. The molecule has 0 aromatic carbocycles. The van der Waals surface area contributed by atoms with Crippen LogP contribution < -0.4 is 0 Å². The average Bonchev–Trinajstić information content (AvgIpc) is 3.08. The van der Waals surface area contributed by atoms with Gasteiger partial charge in [-0.25, -0.2) is 0 Å². The monoisotopic (exact) mass is 379 g/mol. The summed E-state index contributed by atoms with van der Waals surface area (Å²) in [7, 11) is 0. The highest BCUT2D eigenvalue weighted by molar-refractivity contribution is 4.89. The molecule has 3 heteroatoms. The molecule has 27 heavy (non-hydrogen) atoms. The second-order valence-electron chi connectivity index (χ2n) is 10.3. The molecule has 2 saturated heterocycles. The maximum Gasteiger partial charge on any atom is 0.168 e. The molecule has 2 heterocycles. The largest absolute Gasteiger partial charge is 0.347 e. The Bertz CT molecular complexity index is 442. The third-order valence-corrected chi connectivity index (χ3v) is 8.11. The van der Waals surface area contributed by atoms with E-state index in [1.807, 2.05) is 0 Å². The van der Waals surface area contributed by atoms with Crippen molar-refractivity contribution in [3.8, 4) is 0 Å². The van der Waals surface area contributed by atoms with Gasteiger partial charge in [0, 0.05) is 19.4 Å². The number of rotatable bonds is 8. The fraction of sp³-hybridized carbons (Fsp3) is 1.00. The molecule has 2 unspecified atom stereocenters. The number of ether oxygens (including phenoxy) is 2. The number of likely N-dealkylation sites (tertiary alicyclic amines) is 1. The summed E-state index contributed by atoms with van der Waals surface area (Å²) in [5, 5.41) is 0. The first-order chi connectivity index (χ1) is 13.0. The number of unbranched alkanes of at least 4 members (excludes halogenated alkanes) is 1. The second kappa shape index (κ2) is 9.59. The van der Waals surface area contributed by atoms with Crippen LogP contribution in [0.15, 0.2) is 0 Å². The lowest BCUT2D eigenvalue weighted by molar-refractivity contribution is -0.197. The number of hydrogen-bond donors (Lipinski definition) is 0. The van der Waals surface area contributed by atoms with E-state index >= 15 is 0 Å². The van der Waals surface area contributed by atoms with E-state index in [9.17, 15) is 0 Å². The van der Waals surface area contributed by atoms with Crippen LogP contribution >= 0.6 is 0 Å². The molecule has 2 aliphatic heterocycles. The lowest BCUT2D eigenvalue weighted by atomic mass is 9.68. The minimum Gasteiger partial charge on any atom is -0.347 e. The third kappa shape index (κ3) is 5.70. The van der Waals surface area contributed by atoms with Crippen molar-refractivity contribution in [1.82, 2.24) is 4.90 Å². The summed E-state index contributed by atoms with van der Waals surface area (Å²) < 4.78 is 12.7. The first-order valence-corrected chi connectivity index (χ1v) is 12.0. The molecule has 0 radical (unpaired) electrons. The zero-order chi connectivity index (χ0) is 19.3. The maximum atomic E-state index is 6.48. The van der Waals surface area contributed by atoms with Gasteiger partial charge in [-0.3, -0.25) is 0 Å². The Hall–Kier alpha value is -0.120. The number of nitrogens with zero attached hydrogens (tertiary/aromatic N) is 1. The summed E-state index contributed by atoms with van der Waals surface area (Å²) in [4.78, 5) is 2.70. The van der Waals surface area contributed by atoms with Gasteiger partial charge in [-0.05, 0) is 75.3 Å². The summed E-state index contributed by atoms with van der Waals surface area (Å²) in [6.45, 7) is 14.3. The van der Waals surface area contributed by atoms with Crippen molar-refractivity contribution in [2.75, 3.05) is 26.2 Å². The van der Waals surface area contributed by atoms with E-state index in [2.05, 4.69) is 32.6 Å². The Morgan fingerprint density at radius 2 is 1.85 bits per heavy atom. The van der Waals surface area contributed by atoms with Crippen LogP contribution in [-0.4, -0.2) is 43.0 Å². The van der Waals surface area contributed by atoms with E-state index in [1.54, 1.807) is 0 Å². The van der Waals surface area contributed by atoms with Crippen LogP contribution in [0.2, 0.25) is 0 Å². The maximum absolute atomic E-state index is 6.48. The molecule has 3 rings (SSSR count). The van der Waals surface area contributed by atoms with Crippen LogP contribution in [0.5, 0.6) is 0 Å². The summed E-state index contributed by atoms with van der Waals surface area (Å²) in [5.41, 5.74) is 0.463. The van der Waals surface area contributed by atoms with Gasteiger partial charge < -0.3 is 14.4 Å². The van der Waals surface area contributed by atoms with Crippen molar-refractivity contribution in [3.05, 3.63) is 0 Å². The molecule has 0 aromatic heterocycles. The zero-order valence-electron chi connectivity index (χ0n) is 18.6. The minimum absolute atomic E-state index is 0.230. The molecular weight excluding hydrogens is 334 g/mol. The van der Waals surface area contributed by atoms with Gasteiger partial charge in [0.15, 0.2) is 5.79 Å². The van der Waals surface area contributed by atoms with E-state index in [4.69, 9.17) is 9.47 Å². The van der Waals surface area contributed by atoms with Gasteiger partial charge >= 0.3 is 0 Å². The van der Waals surface area contributed by atoms with E-state index in [0.717, 1.165) is 31.3 Å². The standard InChI is InChI=1S/C24H45NO2/c1-5-20-10-9-17-25(18-20)16-8-7-11-22-19-26-24(27-22)14-12-21(13-15-24)23(3,4)6-2/h20-22H,5-19H2,1-4H3. The molecular formula is C24H45NO2. The smallest absolute Gasteiger partial charge is 0.168 e. The van der Waals surface area contributed by atoms with Gasteiger partial charge in [0.2, 0.25) is 0 Å². The molecule has 1 saturated carbocycles. The fourth-order valence-electron chi connectivity index (χ4n) is 5.54. The van der Waals surface area contributed by atoms with Crippen LogP contribution in [0, 0.1) is 17.3 Å². The fourth-order valence-corrected chi connectivity index (χ4v) is 5.54. The predicted molar refractivity (Wildman–Crippen MR) is 113 cm³/mol. The molecule has 3 nitrogen and oxygen atoms in total. The van der Waals surface area contributed by atoms with Crippen molar-refractivity contribution in [3.63, 3.8) is 0 Å².